The molecule has 0 radical (unpaired) electrons. The van der Waals surface area contributed by atoms with E-state index in [1.165, 1.54) is 0 Å². The Labute approximate surface area is 69.2 Å². The lowest BCUT2D eigenvalue weighted by Gasteiger charge is -2.06. The SMILES string of the molecule is Cn1cnc(CC(N)C(F)F)c1. The van der Waals surface area contributed by atoms with E-state index in [1.54, 1.807) is 24.1 Å². The van der Waals surface area contributed by atoms with E-state index in [9.17, 15) is 8.78 Å². The van der Waals surface area contributed by atoms with Crippen molar-refractivity contribution in [3.63, 3.8) is 0 Å². The molecule has 0 aliphatic rings. The quantitative estimate of drug-likeness (QED) is 0.729. The number of aryl methyl sites for hydroxylation is 1. The zero-order chi connectivity index (χ0) is 9.14. The number of imidazole rings is 1. The minimum atomic E-state index is -2.48. The van der Waals surface area contributed by atoms with E-state index in [0.717, 1.165) is 0 Å². The number of nitrogens with two attached hydrogens (primary N) is 1. The molecule has 2 N–H and O–H groups in total. The first kappa shape index (κ1) is 9.12. The van der Waals surface area contributed by atoms with Crippen LogP contribution in [0.1, 0.15) is 5.69 Å². The summed E-state index contributed by atoms with van der Waals surface area (Å²) in [4.78, 5) is 3.89. The van der Waals surface area contributed by atoms with Gasteiger partial charge in [0.1, 0.15) is 0 Å². The third kappa shape index (κ3) is 2.27. The highest BCUT2D eigenvalue weighted by Crippen LogP contribution is 2.04. The number of hydrogen-bond donors (Lipinski definition) is 1. The fourth-order valence-corrected chi connectivity index (χ4v) is 0.903. The number of rotatable bonds is 3. The van der Waals surface area contributed by atoms with Crippen LogP contribution < -0.4 is 5.73 Å². The molecule has 68 valence electrons. The number of aromatic nitrogens is 2. The molecule has 1 unspecified atom stereocenters. The van der Waals surface area contributed by atoms with Gasteiger partial charge in [0.15, 0.2) is 0 Å². The molecule has 0 aliphatic carbocycles. The Morgan fingerprint density at radius 1 is 1.67 bits per heavy atom. The number of halogens is 2. The van der Waals surface area contributed by atoms with Crippen LogP contribution in [0.3, 0.4) is 0 Å². The molecule has 0 saturated carbocycles. The number of nitrogens with zero attached hydrogens (tertiary/aromatic N) is 2. The Morgan fingerprint density at radius 2 is 2.33 bits per heavy atom. The molecule has 1 aromatic heterocycles. The van der Waals surface area contributed by atoms with Crippen LogP contribution in [0.5, 0.6) is 0 Å². The monoisotopic (exact) mass is 175 g/mol. The van der Waals surface area contributed by atoms with Crippen LogP contribution in [-0.4, -0.2) is 22.0 Å². The molecule has 0 saturated heterocycles. The second-order valence-corrected chi connectivity index (χ2v) is 2.73. The van der Waals surface area contributed by atoms with Gasteiger partial charge < -0.3 is 10.3 Å². The highest BCUT2D eigenvalue weighted by atomic mass is 19.3. The fraction of sp³-hybridized carbons (Fsp3) is 0.571. The molecule has 1 heterocycles. The smallest absolute Gasteiger partial charge is 0.253 e. The highest BCUT2D eigenvalue weighted by Gasteiger charge is 2.16. The zero-order valence-electron chi connectivity index (χ0n) is 6.74. The van der Waals surface area contributed by atoms with E-state index < -0.39 is 12.5 Å². The van der Waals surface area contributed by atoms with E-state index >= 15 is 0 Å². The summed E-state index contributed by atoms with van der Waals surface area (Å²) in [6.07, 6.45) is 0.890. The topological polar surface area (TPSA) is 43.8 Å². The molecule has 1 atom stereocenters. The van der Waals surface area contributed by atoms with Crippen molar-refractivity contribution in [2.24, 2.45) is 12.8 Å². The highest BCUT2D eigenvalue weighted by molar-refractivity contribution is 4.99. The Kier molecular flexibility index (Phi) is 2.75. The van der Waals surface area contributed by atoms with E-state index in [2.05, 4.69) is 4.98 Å². The summed E-state index contributed by atoms with van der Waals surface area (Å²) in [5.74, 6) is 0. The van der Waals surface area contributed by atoms with Crippen LogP contribution in [0.2, 0.25) is 0 Å². The maximum Gasteiger partial charge on any atom is 0.253 e. The molecule has 5 heteroatoms. The Hall–Kier alpha value is -0.970. The standard InChI is InChI=1S/C7H11F2N3/c1-12-3-5(11-4-12)2-6(10)7(8)9/h3-4,6-7H,2,10H2,1H3. The summed E-state index contributed by atoms with van der Waals surface area (Å²) < 4.78 is 25.6. The molecule has 0 bridgehead atoms. The van der Waals surface area contributed by atoms with Crippen molar-refractivity contribution in [3.8, 4) is 0 Å². The summed E-state index contributed by atoms with van der Waals surface area (Å²) >= 11 is 0. The Morgan fingerprint density at radius 3 is 2.75 bits per heavy atom. The Balaban J connectivity index is 2.52. The van der Waals surface area contributed by atoms with E-state index in [1.807, 2.05) is 0 Å². The zero-order valence-corrected chi connectivity index (χ0v) is 6.74. The van der Waals surface area contributed by atoms with E-state index in [0.29, 0.717) is 5.69 Å². The summed E-state index contributed by atoms with van der Waals surface area (Å²) in [5, 5.41) is 0. The number of alkyl halides is 2. The van der Waals surface area contributed by atoms with Crippen LogP contribution in [0.15, 0.2) is 12.5 Å². The largest absolute Gasteiger partial charge is 0.340 e. The van der Waals surface area contributed by atoms with Crippen LogP contribution >= 0.6 is 0 Å². The summed E-state index contributed by atoms with van der Waals surface area (Å²) in [6, 6.07) is -1.11. The number of hydrogen-bond acceptors (Lipinski definition) is 2. The maximum atomic E-state index is 12.0. The molecular weight excluding hydrogens is 164 g/mol. The summed E-state index contributed by atoms with van der Waals surface area (Å²) in [6.45, 7) is 0. The van der Waals surface area contributed by atoms with Crippen molar-refractivity contribution < 1.29 is 8.78 Å². The first-order valence-corrected chi connectivity index (χ1v) is 3.60. The molecule has 0 fully saturated rings. The van der Waals surface area contributed by atoms with Gasteiger partial charge >= 0.3 is 0 Å². The average Bonchev–Trinajstić information content (AvgIpc) is 2.35. The molecule has 12 heavy (non-hydrogen) atoms. The molecule has 1 rings (SSSR count). The van der Waals surface area contributed by atoms with Crippen LogP contribution in [-0.2, 0) is 13.5 Å². The van der Waals surface area contributed by atoms with Gasteiger partial charge in [0.25, 0.3) is 6.43 Å². The van der Waals surface area contributed by atoms with Gasteiger partial charge in [0, 0.05) is 19.7 Å². The second-order valence-electron chi connectivity index (χ2n) is 2.73. The van der Waals surface area contributed by atoms with Crippen molar-refractivity contribution in [1.29, 1.82) is 0 Å². The molecule has 3 nitrogen and oxygen atoms in total. The van der Waals surface area contributed by atoms with Crippen molar-refractivity contribution in [1.82, 2.24) is 9.55 Å². The first-order valence-electron chi connectivity index (χ1n) is 3.60. The van der Waals surface area contributed by atoms with E-state index in [4.69, 9.17) is 5.73 Å². The van der Waals surface area contributed by atoms with Crippen LogP contribution in [0.25, 0.3) is 0 Å². The lowest BCUT2D eigenvalue weighted by Crippen LogP contribution is -2.31. The van der Waals surface area contributed by atoms with Crippen molar-refractivity contribution in [2.45, 2.75) is 18.9 Å². The van der Waals surface area contributed by atoms with Gasteiger partial charge in [-0.05, 0) is 0 Å². The van der Waals surface area contributed by atoms with Gasteiger partial charge in [-0.25, -0.2) is 13.8 Å². The second kappa shape index (κ2) is 3.62. The average molecular weight is 175 g/mol. The normalized spacial score (nSPS) is 13.8. The van der Waals surface area contributed by atoms with Crippen LogP contribution in [0, 0.1) is 0 Å². The molecule has 0 aliphatic heterocycles. The lowest BCUT2D eigenvalue weighted by molar-refractivity contribution is 0.115. The van der Waals surface area contributed by atoms with Gasteiger partial charge in [-0.3, -0.25) is 0 Å². The van der Waals surface area contributed by atoms with Gasteiger partial charge in [0.2, 0.25) is 0 Å². The molecule has 0 amide bonds. The maximum absolute atomic E-state index is 12.0. The predicted molar refractivity (Wildman–Crippen MR) is 40.9 cm³/mol. The van der Waals surface area contributed by atoms with Crippen molar-refractivity contribution >= 4 is 0 Å². The van der Waals surface area contributed by atoms with Crippen LogP contribution in [0.4, 0.5) is 8.78 Å². The summed E-state index contributed by atoms with van der Waals surface area (Å²) in [5.41, 5.74) is 5.76. The van der Waals surface area contributed by atoms with Crippen molar-refractivity contribution in [2.75, 3.05) is 0 Å². The molecule has 0 aromatic carbocycles. The predicted octanol–water partition coefficient (Wildman–Crippen LogP) is 0.555. The molecule has 1 aromatic rings. The van der Waals surface area contributed by atoms with Gasteiger partial charge in [-0.2, -0.15) is 0 Å². The lowest BCUT2D eigenvalue weighted by atomic mass is 10.2. The third-order valence-corrected chi connectivity index (χ3v) is 1.53. The van der Waals surface area contributed by atoms with Gasteiger partial charge in [0.05, 0.1) is 18.1 Å². The first-order chi connectivity index (χ1) is 5.59. The Bertz CT molecular complexity index is 247. The molecular formula is C7H11F2N3. The summed E-state index contributed by atoms with van der Waals surface area (Å²) in [7, 11) is 1.78. The third-order valence-electron chi connectivity index (χ3n) is 1.53. The fourth-order valence-electron chi connectivity index (χ4n) is 0.903. The molecule has 0 spiro atoms. The minimum absolute atomic E-state index is 0.124. The van der Waals surface area contributed by atoms with Crippen molar-refractivity contribution in [3.05, 3.63) is 18.2 Å². The van der Waals surface area contributed by atoms with Gasteiger partial charge in [-0.1, -0.05) is 0 Å². The minimum Gasteiger partial charge on any atom is -0.340 e. The van der Waals surface area contributed by atoms with E-state index in [-0.39, 0.29) is 6.42 Å². The van der Waals surface area contributed by atoms with Gasteiger partial charge in [-0.15, -0.1) is 0 Å².